The second-order valence-corrected chi connectivity index (χ2v) is 6.75. The van der Waals surface area contributed by atoms with Crippen molar-refractivity contribution in [1.82, 2.24) is 0 Å². The van der Waals surface area contributed by atoms with E-state index >= 15 is 0 Å². The van der Waals surface area contributed by atoms with Crippen LogP contribution in [0.1, 0.15) is 22.3 Å². The van der Waals surface area contributed by atoms with E-state index in [1.807, 2.05) is 45.0 Å². The summed E-state index contributed by atoms with van der Waals surface area (Å²) in [7, 11) is 1.53. The van der Waals surface area contributed by atoms with Crippen molar-refractivity contribution < 1.29 is 23.8 Å². The zero-order chi connectivity index (χ0) is 21.4. The Kier molecular flexibility index (Phi) is 7.83. The van der Waals surface area contributed by atoms with Crippen molar-refractivity contribution >= 4 is 17.6 Å². The predicted molar refractivity (Wildman–Crippen MR) is 113 cm³/mol. The summed E-state index contributed by atoms with van der Waals surface area (Å²) in [4.78, 5) is 24.1. The highest BCUT2D eigenvalue weighted by Crippen LogP contribution is 2.28. The Hall–Kier alpha value is -3.28. The molecule has 0 aliphatic rings. The minimum atomic E-state index is -0.644. The standard InChI is InChI=1S/C23H27NO5/c1-6-7-18-8-9-19(20(12-18)27-5)28-14-22(26)29-13-21(25)24-23-16(3)10-15(2)11-17(23)4/h6,8-12H,1,7,13-14H2,2-5H3,(H,24,25). The molecule has 0 aliphatic heterocycles. The molecule has 0 fully saturated rings. The van der Waals surface area contributed by atoms with E-state index in [2.05, 4.69) is 11.9 Å². The summed E-state index contributed by atoms with van der Waals surface area (Å²) in [5.74, 6) is -0.109. The van der Waals surface area contributed by atoms with Gasteiger partial charge < -0.3 is 19.5 Å². The van der Waals surface area contributed by atoms with Crippen LogP contribution in [0.25, 0.3) is 0 Å². The lowest BCUT2D eigenvalue weighted by molar-refractivity contribution is -0.149. The molecule has 0 unspecified atom stereocenters. The lowest BCUT2D eigenvalue weighted by Gasteiger charge is -2.13. The summed E-state index contributed by atoms with van der Waals surface area (Å²) in [6.45, 7) is 8.83. The van der Waals surface area contributed by atoms with Crippen LogP contribution in [-0.2, 0) is 20.7 Å². The van der Waals surface area contributed by atoms with Crippen molar-refractivity contribution in [2.45, 2.75) is 27.2 Å². The first-order chi connectivity index (χ1) is 13.8. The number of allylic oxidation sites excluding steroid dienone is 1. The van der Waals surface area contributed by atoms with Crippen molar-refractivity contribution in [3.8, 4) is 11.5 Å². The fraction of sp³-hybridized carbons (Fsp3) is 0.304. The monoisotopic (exact) mass is 397 g/mol. The van der Waals surface area contributed by atoms with E-state index in [-0.39, 0.29) is 13.2 Å². The van der Waals surface area contributed by atoms with Gasteiger partial charge in [0, 0.05) is 5.69 Å². The molecule has 0 saturated carbocycles. The third-order valence-corrected chi connectivity index (χ3v) is 4.26. The van der Waals surface area contributed by atoms with E-state index in [1.165, 1.54) is 7.11 Å². The highest BCUT2D eigenvalue weighted by Gasteiger charge is 2.13. The summed E-state index contributed by atoms with van der Waals surface area (Å²) in [5.41, 5.74) is 4.78. The zero-order valence-electron chi connectivity index (χ0n) is 17.3. The smallest absolute Gasteiger partial charge is 0.344 e. The Labute approximate surface area is 171 Å². The first-order valence-corrected chi connectivity index (χ1v) is 9.28. The van der Waals surface area contributed by atoms with Crippen LogP contribution in [0.2, 0.25) is 0 Å². The number of rotatable bonds is 9. The van der Waals surface area contributed by atoms with Gasteiger partial charge in [0.05, 0.1) is 7.11 Å². The fourth-order valence-electron chi connectivity index (χ4n) is 3.00. The number of amides is 1. The summed E-state index contributed by atoms with van der Waals surface area (Å²) < 4.78 is 15.8. The molecule has 154 valence electrons. The number of benzene rings is 2. The van der Waals surface area contributed by atoms with Gasteiger partial charge >= 0.3 is 5.97 Å². The Morgan fingerprint density at radius 1 is 1.03 bits per heavy atom. The topological polar surface area (TPSA) is 73.9 Å². The molecule has 0 aliphatic carbocycles. The Bertz CT molecular complexity index is 881. The molecule has 0 saturated heterocycles. The van der Waals surface area contributed by atoms with E-state index in [4.69, 9.17) is 14.2 Å². The third kappa shape index (κ3) is 6.38. The van der Waals surface area contributed by atoms with E-state index in [0.29, 0.717) is 17.9 Å². The molecule has 0 atom stereocenters. The van der Waals surface area contributed by atoms with Crippen LogP contribution in [-0.4, -0.2) is 32.2 Å². The maximum atomic E-state index is 12.1. The molecular weight excluding hydrogens is 370 g/mol. The summed E-state index contributed by atoms with van der Waals surface area (Å²) in [6.07, 6.45) is 2.49. The molecular formula is C23H27NO5. The predicted octanol–water partition coefficient (Wildman–Crippen LogP) is 3.91. The number of hydrogen-bond donors (Lipinski definition) is 1. The molecule has 0 bridgehead atoms. The maximum Gasteiger partial charge on any atom is 0.344 e. The highest BCUT2D eigenvalue weighted by molar-refractivity contribution is 5.94. The van der Waals surface area contributed by atoms with Crippen LogP contribution >= 0.6 is 0 Å². The summed E-state index contributed by atoms with van der Waals surface area (Å²) in [5, 5.41) is 2.79. The van der Waals surface area contributed by atoms with Crippen LogP contribution in [0.3, 0.4) is 0 Å². The molecule has 29 heavy (non-hydrogen) atoms. The van der Waals surface area contributed by atoms with Crippen molar-refractivity contribution in [2.75, 3.05) is 25.6 Å². The summed E-state index contributed by atoms with van der Waals surface area (Å²) in [6, 6.07) is 9.37. The Balaban J connectivity index is 1.86. The second kappa shape index (κ2) is 10.3. The number of hydrogen-bond acceptors (Lipinski definition) is 5. The zero-order valence-corrected chi connectivity index (χ0v) is 17.3. The van der Waals surface area contributed by atoms with Crippen LogP contribution < -0.4 is 14.8 Å². The first-order valence-electron chi connectivity index (χ1n) is 9.28. The number of methoxy groups -OCH3 is 1. The molecule has 0 spiro atoms. The largest absolute Gasteiger partial charge is 0.493 e. The number of carbonyl (C=O) groups excluding carboxylic acids is 2. The Morgan fingerprint density at radius 2 is 1.72 bits per heavy atom. The number of nitrogens with one attached hydrogen (secondary N) is 1. The molecule has 1 N–H and O–H groups in total. The van der Waals surface area contributed by atoms with Gasteiger partial charge in [-0.2, -0.15) is 0 Å². The molecule has 2 aromatic carbocycles. The van der Waals surface area contributed by atoms with Gasteiger partial charge in [0.15, 0.2) is 24.7 Å². The van der Waals surface area contributed by atoms with Crippen LogP contribution in [0.4, 0.5) is 5.69 Å². The number of anilines is 1. The molecule has 1 amide bonds. The van der Waals surface area contributed by atoms with Gasteiger partial charge in [0.1, 0.15) is 0 Å². The van der Waals surface area contributed by atoms with Crippen LogP contribution in [0.15, 0.2) is 43.0 Å². The van der Waals surface area contributed by atoms with Gasteiger partial charge in [-0.3, -0.25) is 4.79 Å². The average Bonchev–Trinajstić information content (AvgIpc) is 2.68. The van der Waals surface area contributed by atoms with Gasteiger partial charge in [-0.25, -0.2) is 4.79 Å². The second-order valence-electron chi connectivity index (χ2n) is 6.75. The lowest BCUT2D eigenvalue weighted by Crippen LogP contribution is -2.24. The molecule has 6 nitrogen and oxygen atoms in total. The number of ether oxygens (including phenoxy) is 3. The average molecular weight is 397 g/mol. The first kappa shape index (κ1) is 22.0. The van der Waals surface area contributed by atoms with Crippen molar-refractivity contribution in [1.29, 1.82) is 0 Å². The van der Waals surface area contributed by atoms with E-state index in [9.17, 15) is 9.59 Å². The molecule has 2 aromatic rings. The third-order valence-electron chi connectivity index (χ3n) is 4.26. The van der Waals surface area contributed by atoms with Crippen LogP contribution in [0, 0.1) is 20.8 Å². The molecule has 6 heteroatoms. The molecule has 0 aromatic heterocycles. The SMILES string of the molecule is C=CCc1ccc(OCC(=O)OCC(=O)Nc2c(C)cc(C)cc2C)c(OC)c1. The van der Waals surface area contributed by atoms with Gasteiger partial charge in [-0.1, -0.05) is 29.8 Å². The van der Waals surface area contributed by atoms with E-state index in [0.717, 1.165) is 27.9 Å². The number of carbonyl (C=O) groups is 2. The minimum absolute atomic E-state index is 0.326. The summed E-state index contributed by atoms with van der Waals surface area (Å²) >= 11 is 0. The van der Waals surface area contributed by atoms with Gasteiger partial charge in [0.2, 0.25) is 0 Å². The van der Waals surface area contributed by atoms with Gasteiger partial charge in [0.25, 0.3) is 5.91 Å². The molecule has 2 rings (SSSR count). The van der Waals surface area contributed by atoms with E-state index in [1.54, 1.807) is 12.1 Å². The number of esters is 1. The molecule has 0 heterocycles. The van der Waals surface area contributed by atoms with E-state index < -0.39 is 11.9 Å². The lowest BCUT2D eigenvalue weighted by atomic mass is 10.1. The van der Waals surface area contributed by atoms with Gasteiger partial charge in [-0.15, -0.1) is 6.58 Å². The fourth-order valence-corrected chi connectivity index (χ4v) is 3.00. The van der Waals surface area contributed by atoms with Crippen LogP contribution in [0.5, 0.6) is 11.5 Å². The quantitative estimate of drug-likeness (QED) is 0.513. The highest BCUT2D eigenvalue weighted by atomic mass is 16.6. The minimum Gasteiger partial charge on any atom is -0.493 e. The van der Waals surface area contributed by atoms with Crippen molar-refractivity contribution in [3.63, 3.8) is 0 Å². The number of aryl methyl sites for hydroxylation is 3. The van der Waals surface area contributed by atoms with Crippen molar-refractivity contribution in [3.05, 3.63) is 65.2 Å². The normalized spacial score (nSPS) is 10.2. The van der Waals surface area contributed by atoms with Gasteiger partial charge in [-0.05, 0) is 56.0 Å². The Morgan fingerprint density at radius 3 is 2.34 bits per heavy atom. The van der Waals surface area contributed by atoms with Crippen molar-refractivity contribution in [2.24, 2.45) is 0 Å². The maximum absolute atomic E-state index is 12.1. The molecule has 0 radical (unpaired) electrons.